The number of nitrogens with zero attached hydrogens (tertiary/aromatic N) is 1. The summed E-state index contributed by atoms with van der Waals surface area (Å²) < 4.78 is 1.25. The molecule has 2 fully saturated rings. The maximum absolute atomic E-state index is 3.52. The maximum Gasteiger partial charge on any atom is 0.0701 e. The summed E-state index contributed by atoms with van der Waals surface area (Å²) in [6, 6.07) is 4.39. The van der Waals surface area contributed by atoms with Crippen molar-refractivity contribution in [3.8, 4) is 0 Å². The van der Waals surface area contributed by atoms with Crippen molar-refractivity contribution in [1.82, 2.24) is 10.2 Å². The van der Waals surface area contributed by atoms with Crippen molar-refractivity contribution in [1.29, 1.82) is 0 Å². The molecule has 2 unspecified atom stereocenters. The fraction of sp³-hybridized carbons (Fsp3) is 0.636. The molecule has 2 aliphatic rings. The summed E-state index contributed by atoms with van der Waals surface area (Å²) in [6.07, 6.45) is 0. The van der Waals surface area contributed by atoms with Crippen LogP contribution < -0.4 is 5.32 Å². The van der Waals surface area contributed by atoms with Gasteiger partial charge < -0.3 is 5.32 Å². The lowest BCUT2D eigenvalue weighted by Crippen LogP contribution is -2.24. The van der Waals surface area contributed by atoms with Crippen molar-refractivity contribution in [2.45, 2.75) is 6.54 Å². The van der Waals surface area contributed by atoms with Gasteiger partial charge in [-0.2, -0.15) is 0 Å². The molecule has 1 aromatic heterocycles. The normalized spacial score (nSPS) is 31.0. The molecule has 0 aliphatic carbocycles. The summed E-state index contributed by atoms with van der Waals surface area (Å²) in [4.78, 5) is 4.09. The zero-order valence-corrected chi connectivity index (χ0v) is 11.0. The van der Waals surface area contributed by atoms with E-state index in [1.807, 2.05) is 11.3 Å². The van der Waals surface area contributed by atoms with Crippen LogP contribution in [-0.2, 0) is 6.54 Å². The van der Waals surface area contributed by atoms with Gasteiger partial charge in [-0.3, -0.25) is 4.90 Å². The summed E-state index contributed by atoms with van der Waals surface area (Å²) in [5, 5.41) is 3.48. The van der Waals surface area contributed by atoms with E-state index < -0.39 is 0 Å². The smallest absolute Gasteiger partial charge is 0.0701 e. The van der Waals surface area contributed by atoms with Crippen LogP contribution in [0.3, 0.4) is 0 Å². The van der Waals surface area contributed by atoms with E-state index in [0.29, 0.717) is 0 Å². The largest absolute Gasteiger partial charge is 0.316 e. The monoisotopic (exact) mass is 286 g/mol. The van der Waals surface area contributed by atoms with Gasteiger partial charge in [-0.25, -0.2) is 0 Å². The van der Waals surface area contributed by atoms with E-state index in [1.165, 1.54) is 34.8 Å². The Labute approximate surface area is 103 Å². The van der Waals surface area contributed by atoms with Gasteiger partial charge in [0, 0.05) is 24.5 Å². The van der Waals surface area contributed by atoms with Crippen molar-refractivity contribution in [3.63, 3.8) is 0 Å². The van der Waals surface area contributed by atoms with Gasteiger partial charge in [0.2, 0.25) is 0 Å². The van der Waals surface area contributed by atoms with Gasteiger partial charge >= 0.3 is 0 Å². The number of nitrogens with one attached hydrogen (secondary N) is 1. The molecule has 0 spiro atoms. The quantitative estimate of drug-likeness (QED) is 0.896. The minimum absolute atomic E-state index is 0.911. The van der Waals surface area contributed by atoms with Crippen molar-refractivity contribution in [2.24, 2.45) is 11.8 Å². The van der Waals surface area contributed by atoms with Crippen LogP contribution in [0, 0.1) is 11.8 Å². The van der Waals surface area contributed by atoms with Gasteiger partial charge in [0.05, 0.1) is 3.79 Å². The summed E-state index contributed by atoms with van der Waals surface area (Å²) in [5.74, 6) is 1.82. The second-order valence-electron chi connectivity index (χ2n) is 4.58. The highest BCUT2D eigenvalue weighted by molar-refractivity contribution is 9.11. The zero-order chi connectivity index (χ0) is 10.3. The number of hydrogen-bond acceptors (Lipinski definition) is 3. The lowest BCUT2D eigenvalue weighted by Gasteiger charge is -2.15. The Morgan fingerprint density at radius 2 is 2.07 bits per heavy atom. The van der Waals surface area contributed by atoms with Gasteiger partial charge in [-0.15, -0.1) is 11.3 Å². The van der Waals surface area contributed by atoms with E-state index in [9.17, 15) is 0 Å². The Balaban J connectivity index is 1.61. The van der Waals surface area contributed by atoms with Crippen molar-refractivity contribution < 1.29 is 0 Å². The third-order valence-corrected chi connectivity index (χ3v) is 5.08. The SMILES string of the molecule is Brc1ccc(CN2CC3CNCC3C2)s1. The summed E-state index contributed by atoms with van der Waals surface area (Å²) in [7, 11) is 0. The number of rotatable bonds is 2. The highest BCUT2D eigenvalue weighted by Gasteiger charge is 2.35. The van der Waals surface area contributed by atoms with E-state index in [-0.39, 0.29) is 0 Å². The van der Waals surface area contributed by atoms with Crippen LogP contribution in [-0.4, -0.2) is 31.1 Å². The maximum atomic E-state index is 3.52. The van der Waals surface area contributed by atoms with E-state index in [2.05, 4.69) is 38.3 Å². The minimum atomic E-state index is 0.911. The Kier molecular flexibility index (Phi) is 2.85. The third-order valence-electron chi connectivity index (χ3n) is 3.47. The number of hydrogen-bond donors (Lipinski definition) is 1. The van der Waals surface area contributed by atoms with Crippen LogP contribution in [0.4, 0.5) is 0 Å². The van der Waals surface area contributed by atoms with E-state index in [0.717, 1.165) is 18.4 Å². The standard InChI is InChI=1S/C11H15BrN2S/c12-11-2-1-10(15-11)7-14-5-8-3-13-4-9(8)6-14/h1-2,8-9,13H,3-7H2. The van der Waals surface area contributed by atoms with Crippen LogP contribution in [0.25, 0.3) is 0 Å². The third kappa shape index (κ3) is 2.13. The Morgan fingerprint density at radius 1 is 1.33 bits per heavy atom. The van der Waals surface area contributed by atoms with Gasteiger partial charge in [-0.1, -0.05) is 0 Å². The lowest BCUT2D eigenvalue weighted by atomic mass is 10.0. The number of halogens is 1. The van der Waals surface area contributed by atoms with Crippen LogP contribution in [0.5, 0.6) is 0 Å². The van der Waals surface area contributed by atoms with E-state index >= 15 is 0 Å². The lowest BCUT2D eigenvalue weighted by molar-refractivity contribution is 0.308. The topological polar surface area (TPSA) is 15.3 Å². The van der Waals surface area contributed by atoms with E-state index in [4.69, 9.17) is 0 Å². The molecule has 1 aromatic rings. The molecule has 2 saturated heterocycles. The zero-order valence-electron chi connectivity index (χ0n) is 8.58. The fourth-order valence-corrected chi connectivity index (χ4v) is 4.26. The number of thiophene rings is 1. The van der Waals surface area contributed by atoms with Gasteiger partial charge in [0.15, 0.2) is 0 Å². The van der Waals surface area contributed by atoms with Crippen molar-refractivity contribution in [2.75, 3.05) is 26.2 Å². The van der Waals surface area contributed by atoms with E-state index in [1.54, 1.807) is 0 Å². The van der Waals surface area contributed by atoms with Gasteiger partial charge in [0.25, 0.3) is 0 Å². The van der Waals surface area contributed by atoms with Gasteiger partial charge in [-0.05, 0) is 53.0 Å². The highest BCUT2D eigenvalue weighted by Crippen LogP contribution is 2.29. The molecule has 0 radical (unpaired) electrons. The van der Waals surface area contributed by atoms with Crippen LogP contribution in [0.1, 0.15) is 4.88 Å². The van der Waals surface area contributed by atoms with Crippen LogP contribution >= 0.6 is 27.3 Å². The minimum Gasteiger partial charge on any atom is -0.316 e. The fourth-order valence-electron chi connectivity index (χ4n) is 2.74. The predicted molar refractivity (Wildman–Crippen MR) is 67.1 cm³/mol. The highest BCUT2D eigenvalue weighted by atomic mass is 79.9. The van der Waals surface area contributed by atoms with Crippen LogP contribution in [0.15, 0.2) is 15.9 Å². The molecule has 2 nitrogen and oxygen atoms in total. The summed E-state index contributed by atoms with van der Waals surface area (Å²) in [6.45, 7) is 6.17. The molecule has 15 heavy (non-hydrogen) atoms. The average Bonchev–Trinajstić information content (AvgIpc) is 2.81. The first-order valence-corrected chi connectivity index (χ1v) is 7.09. The molecule has 3 heterocycles. The first kappa shape index (κ1) is 10.3. The number of likely N-dealkylation sites (tertiary alicyclic amines) is 1. The predicted octanol–water partition coefficient (Wildman–Crippen LogP) is 2.16. The molecular formula is C11H15BrN2S. The first-order chi connectivity index (χ1) is 7.31. The van der Waals surface area contributed by atoms with Crippen molar-refractivity contribution in [3.05, 3.63) is 20.8 Å². The second-order valence-corrected chi connectivity index (χ2v) is 7.13. The Hall–Kier alpha value is 0.1000. The summed E-state index contributed by atoms with van der Waals surface area (Å²) in [5.41, 5.74) is 0. The molecule has 0 bridgehead atoms. The first-order valence-electron chi connectivity index (χ1n) is 5.48. The Morgan fingerprint density at radius 3 is 2.67 bits per heavy atom. The molecule has 0 amide bonds. The summed E-state index contributed by atoms with van der Waals surface area (Å²) >= 11 is 5.38. The van der Waals surface area contributed by atoms with Gasteiger partial charge in [0.1, 0.15) is 0 Å². The molecular weight excluding hydrogens is 272 g/mol. The Bertz CT molecular complexity index is 340. The molecule has 4 heteroatoms. The molecule has 0 aromatic carbocycles. The average molecular weight is 287 g/mol. The molecule has 82 valence electrons. The second kappa shape index (κ2) is 4.17. The van der Waals surface area contributed by atoms with Crippen molar-refractivity contribution >= 4 is 27.3 Å². The molecule has 2 aliphatic heterocycles. The number of fused-ring (bicyclic) bond motifs is 1. The van der Waals surface area contributed by atoms with Crippen LogP contribution in [0.2, 0.25) is 0 Å². The molecule has 0 saturated carbocycles. The molecule has 2 atom stereocenters. The molecule has 3 rings (SSSR count). The molecule has 1 N–H and O–H groups in total.